The summed E-state index contributed by atoms with van der Waals surface area (Å²) in [6, 6.07) is 11.2. The van der Waals surface area contributed by atoms with Gasteiger partial charge in [-0.25, -0.2) is 15.0 Å². The molecule has 1 aliphatic heterocycles. The molecule has 4 rings (SSSR count). The van der Waals surface area contributed by atoms with Gasteiger partial charge in [-0.3, -0.25) is 4.90 Å². The fraction of sp³-hybridized carbons (Fsp3) is 0.353. The molecule has 0 aliphatic carbocycles. The molecule has 5 nitrogen and oxygen atoms in total. The van der Waals surface area contributed by atoms with Crippen LogP contribution in [0.4, 0.5) is 5.95 Å². The lowest BCUT2D eigenvalue weighted by Gasteiger charge is -2.39. The number of hydrogen-bond acceptors (Lipinski definition) is 6. The third-order valence-electron chi connectivity index (χ3n) is 4.45. The highest BCUT2D eigenvalue weighted by atomic mass is 32.1. The lowest BCUT2D eigenvalue weighted by atomic mass is 10.0. The first-order valence-electron chi connectivity index (χ1n) is 7.85. The summed E-state index contributed by atoms with van der Waals surface area (Å²) in [7, 11) is 2.21. The van der Waals surface area contributed by atoms with E-state index in [9.17, 15) is 0 Å². The van der Waals surface area contributed by atoms with E-state index in [4.69, 9.17) is 0 Å². The fourth-order valence-electron chi connectivity index (χ4n) is 3.05. The molecule has 1 saturated heterocycles. The summed E-state index contributed by atoms with van der Waals surface area (Å²) in [5.74, 6) is 0.827. The van der Waals surface area contributed by atoms with Crippen molar-refractivity contribution in [2.75, 3.05) is 31.6 Å². The molecule has 118 valence electrons. The summed E-state index contributed by atoms with van der Waals surface area (Å²) in [5, 5.41) is 0. The minimum absolute atomic E-state index is 0.479. The van der Waals surface area contributed by atoms with Gasteiger partial charge in [0.05, 0.1) is 11.7 Å². The van der Waals surface area contributed by atoms with Crippen LogP contribution in [-0.4, -0.2) is 52.6 Å². The summed E-state index contributed by atoms with van der Waals surface area (Å²) in [6.07, 6.45) is 2.88. The average molecular weight is 325 g/mol. The van der Waals surface area contributed by atoms with Crippen molar-refractivity contribution >= 4 is 27.6 Å². The molecule has 2 aromatic heterocycles. The molecular formula is C17H19N5S. The Kier molecular flexibility index (Phi) is 3.93. The maximum absolute atomic E-state index is 4.68. The summed E-state index contributed by atoms with van der Waals surface area (Å²) in [5.41, 5.74) is 4.09. The second-order valence-corrected chi connectivity index (χ2v) is 6.82. The van der Waals surface area contributed by atoms with Crippen LogP contribution in [-0.2, 0) is 6.42 Å². The molecule has 0 bridgehead atoms. The molecule has 0 spiro atoms. The van der Waals surface area contributed by atoms with Crippen LogP contribution < -0.4 is 4.90 Å². The Hall–Kier alpha value is -2.05. The van der Waals surface area contributed by atoms with Gasteiger partial charge in [-0.2, -0.15) is 0 Å². The van der Waals surface area contributed by atoms with Crippen LogP contribution in [0, 0.1) is 0 Å². The zero-order chi connectivity index (χ0) is 15.6. The highest BCUT2D eigenvalue weighted by Crippen LogP contribution is 2.21. The number of piperazine rings is 1. The molecule has 0 radical (unpaired) electrons. The van der Waals surface area contributed by atoms with Crippen LogP contribution in [0.5, 0.6) is 0 Å². The van der Waals surface area contributed by atoms with E-state index in [0.717, 1.165) is 42.4 Å². The predicted molar refractivity (Wildman–Crippen MR) is 94.0 cm³/mol. The van der Waals surface area contributed by atoms with Gasteiger partial charge in [0.1, 0.15) is 10.3 Å². The van der Waals surface area contributed by atoms with Crippen LogP contribution in [0.1, 0.15) is 5.56 Å². The minimum Gasteiger partial charge on any atom is -0.338 e. The molecule has 1 aromatic carbocycles. The van der Waals surface area contributed by atoms with Gasteiger partial charge in [0.2, 0.25) is 5.95 Å². The number of hydrogen-bond donors (Lipinski definition) is 0. The molecule has 1 fully saturated rings. The maximum Gasteiger partial charge on any atom is 0.226 e. The molecule has 0 amide bonds. The van der Waals surface area contributed by atoms with Gasteiger partial charge < -0.3 is 4.90 Å². The minimum atomic E-state index is 0.479. The predicted octanol–water partition coefficient (Wildman–Crippen LogP) is 2.45. The van der Waals surface area contributed by atoms with Gasteiger partial charge in [-0.15, -0.1) is 11.3 Å². The number of anilines is 1. The van der Waals surface area contributed by atoms with Crippen molar-refractivity contribution in [2.45, 2.75) is 12.5 Å². The number of nitrogens with zero attached hydrogens (tertiary/aromatic N) is 5. The van der Waals surface area contributed by atoms with E-state index in [0.29, 0.717) is 6.04 Å². The van der Waals surface area contributed by atoms with E-state index in [2.05, 4.69) is 62.1 Å². The van der Waals surface area contributed by atoms with Crippen LogP contribution in [0.2, 0.25) is 0 Å². The van der Waals surface area contributed by atoms with Crippen molar-refractivity contribution in [2.24, 2.45) is 0 Å². The van der Waals surface area contributed by atoms with E-state index < -0.39 is 0 Å². The number of thiazole rings is 1. The normalized spacial score (nSPS) is 19.3. The lowest BCUT2D eigenvalue weighted by molar-refractivity contribution is 0.216. The number of fused-ring (bicyclic) bond motifs is 1. The van der Waals surface area contributed by atoms with E-state index in [-0.39, 0.29) is 0 Å². The Morgan fingerprint density at radius 1 is 1.17 bits per heavy atom. The highest BCUT2D eigenvalue weighted by Gasteiger charge is 2.26. The largest absolute Gasteiger partial charge is 0.338 e. The molecule has 1 unspecified atom stereocenters. The summed E-state index contributed by atoms with van der Waals surface area (Å²) < 4.78 is 0. The van der Waals surface area contributed by atoms with Gasteiger partial charge in [0.15, 0.2) is 0 Å². The number of rotatable bonds is 3. The molecule has 3 heterocycles. The van der Waals surface area contributed by atoms with Crippen LogP contribution in [0.3, 0.4) is 0 Å². The third-order valence-corrected chi connectivity index (χ3v) is 5.19. The number of likely N-dealkylation sites (N-methyl/N-ethyl adjacent to an activating group) is 1. The molecule has 1 aliphatic rings. The van der Waals surface area contributed by atoms with Crippen LogP contribution in [0.15, 0.2) is 42.0 Å². The summed E-state index contributed by atoms with van der Waals surface area (Å²) in [4.78, 5) is 19.1. The first-order valence-corrected chi connectivity index (χ1v) is 8.73. The molecule has 0 N–H and O–H groups in total. The Balaban J connectivity index is 1.53. The van der Waals surface area contributed by atoms with Gasteiger partial charge in [0.25, 0.3) is 0 Å². The zero-order valence-corrected chi connectivity index (χ0v) is 13.9. The molecule has 1 atom stereocenters. The van der Waals surface area contributed by atoms with Gasteiger partial charge in [-0.05, 0) is 19.0 Å². The summed E-state index contributed by atoms with van der Waals surface area (Å²) >= 11 is 1.57. The third kappa shape index (κ3) is 3.04. The standard InChI is InChI=1S/C17H19N5S/c1-21-7-8-22(11-14(21)9-13-5-3-2-4-6-13)17-18-10-15-16(20-17)23-12-19-15/h2-6,10,12,14H,7-9,11H2,1H3. The van der Waals surface area contributed by atoms with E-state index >= 15 is 0 Å². The first-order chi connectivity index (χ1) is 11.3. The molecule has 3 aromatic rings. The number of aromatic nitrogens is 3. The van der Waals surface area contributed by atoms with Crippen molar-refractivity contribution in [3.05, 3.63) is 47.6 Å². The monoisotopic (exact) mass is 325 g/mol. The quantitative estimate of drug-likeness (QED) is 0.740. The first kappa shape index (κ1) is 14.5. The molecule has 0 saturated carbocycles. The van der Waals surface area contributed by atoms with Gasteiger partial charge in [0, 0.05) is 25.7 Å². The molecular weight excluding hydrogens is 306 g/mol. The van der Waals surface area contributed by atoms with Crippen molar-refractivity contribution in [1.82, 2.24) is 19.9 Å². The molecule has 6 heteroatoms. The Morgan fingerprint density at radius 2 is 2.04 bits per heavy atom. The van der Waals surface area contributed by atoms with Crippen molar-refractivity contribution in [3.8, 4) is 0 Å². The second-order valence-electron chi connectivity index (χ2n) is 5.98. The second kappa shape index (κ2) is 6.22. The van der Waals surface area contributed by atoms with Gasteiger partial charge >= 0.3 is 0 Å². The average Bonchev–Trinajstić information content (AvgIpc) is 3.05. The fourth-order valence-corrected chi connectivity index (χ4v) is 3.67. The Labute approximate surface area is 139 Å². The molecule has 23 heavy (non-hydrogen) atoms. The highest BCUT2D eigenvalue weighted by molar-refractivity contribution is 7.16. The zero-order valence-electron chi connectivity index (χ0n) is 13.1. The number of benzene rings is 1. The van der Waals surface area contributed by atoms with Gasteiger partial charge in [-0.1, -0.05) is 30.3 Å². The summed E-state index contributed by atoms with van der Waals surface area (Å²) in [6.45, 7) is 2.95. The smallest absolute Gasteiger partial charge is 0.226 e. The SMILES string of the molecule is CN1CCN(c2ncc3ncsc3n2)CC1Cc1ccccc1. The van der Waals surface area contributed by atoms with Crippen molar-refractivity contribution in [3.63, 3.8) is 0 Å². The van der Waals surface area contributed by atoms with Crippen molar-refractivity contribution < 1.29 is 0 Å². The maximum atomic E-state index is 4.68. The lowest BCUT2D eigenvalue weighted by Crippen LogP contribution is -2.52. The Bertz CT molecular complexity index is 788. The van der Waals surface area contributed by atoms with Crippen LogP contribution >= 0.6 is 11.3 Å². The topological polar surface area (TPSA) is 45.2 Å². The van der Waals surface area contributed by atoms with E-state index in [1.807, 2.05) is 11.7 Å². The Morgan fingerprint density at radius 3 is 2.91 bits per heavy atom. The van der Waals surface area contributed by atoms with E-state index in [1.54, 1.807) is 11.3 Å². The van der Waals surface area contributed by atoms with Crippen LogP contribution in [0.25, 0.3) is 10.3 Å². The van der Waals surface area contributed by atoms with E-state index in [1.165, 1.54) is 5.56 Å². The van der Waals surface area contributed by atoms with Crippen molar-refractivity contribution in [1.29, 1.82) is 0 Å².